The Bertz CT molecular complexity index is 1760. The number of fused-ring (bicyclic) bond motifs is 1. The maximum Gasteiger partial charge on any atom is 0.328 e. The van der Waals surface area contributed by atoms with E-state index in [1.807, 2.05) is 65.4 Å². The summed E-state index contributed by atoms with van der Waals surface area (Å²) in [6.45, 7) is 0.429. The van der Waals surface area contributed by atoms with Crippen LogP contribution in [0.4, 0.5) is 4.79 Å². The van der Waals surface area contributed by atoms with Gasteiger partial charge in [-0.05, 0) is 52.5 Å². The normalized spacial score (nSPS) is 15.3. The first-order valence-electron chi connectivity index (χ1n) is 14.4. The van der Waals surface area contributed by atoms with Crippen molar-refractivity contribution in [2.45, 2.75) is 44.6 Å². The summed E-state index contributed by atoms with van der Waals surface area (Å²) < 4.78 is 1.82. The molecule has 12 heteroatoms. The third-order valence-corrected chi connectivity index (χ3v) is 8.45. The number of carbonyl (C=O) groups excluding carboxylic acids is 3. The van der Waals surface area contributed by atoms with E-state index >= 15 is 0 Å². The lowest BCUT2D eigenvalue weighted by molar-refractivity contribution is -0.142. The number of urea groups is 1. The predicted molar refractivity (Wildman–Crippen MR) is 169 cm³/mol. The van der Waals surface area contributed by atoms with Crippen LogP contribution < -0.4 is 5.32 Å². The highest BCUT2D eigenvalue weighted by Crippen LogP contribution is 2.28. The van der Waals surface area contributed by atoms with Gasteiger partial charge >= 0.3 is 12.0 Å². The monoisotopic (exact) mass is 624 g/mol. The van der Waals surface area contributed by atoms with Gasteiger partial charge in [-0.2, -0.15) is 17.0 Å². The van der Waals surface area contributed by atoms with Gasteiger partial charge in [0.25, 0.3) is 5.91 Å². The molecule has 3 aromatic carbocycles. The van der Waals surface area contributed by atoms with Crippen molar-refractivity contribution >= 4 is 46.3 Å². The van der Waals surface area contributed by atoms with E-state index in [1.165, 1.54) is 16.7 Å². The summed E-state index contributed by atoms with van der Waals surface area (Å²) in [6, 6.07) is 19.9. The molecule has 45 heavy (non-hydrogen) atoms. The summed E-state index contributed by atoms with van der Waals surface area (Å²) in [7, 11) is 0. The van der Waals surface area contributed by atoms with Gasteiger partial charge in [-0.3, -0.25) is 14.5 Å². The highest BCUT2D eigenvalue weighted by Gasteiger charge is 2.46. The molecule has 0 saturated carbocycles. The number of carboxylic acids is 1. The number of nitriles is 1. The smallest absolute Gasteiger partial charge is 0.328 e. The van der Waals surface area contributed by atoms with E-state index in [9.17, 15) is 24.3 Å². The fraction of sp³-hybridized carbons (Fsp3) is 0.273. The maximum atomic E-state index is 13.9. The van der Waals surface area contributed by atoms with Crippen molar-refractivity contribution in [2.24, 2.45) is 0 Å². The van der Waals surface area contributed by atoms with Crippen molar-refractivity contribution in [3.63, 3.8) is 0 Å². The Morgan fingerprint density at radius 1 is 1.04 bits per heavy atom. The lowest BCUT2D eigenvalue weighted by Gasteiger charge is -2.23. The van der Waals surface area contributed by atoms with E-state index in [1.54, 1.807) is 24.7 Å². The second-order valence-corrected chi connectivity index (χ2v) is 11.7. The highest BCUT2D eigenvalue weighted by molar-refractivity contribution is 7.98. The van der Waals surface area contributed by atoms with Gasteiger partial charge in [-0.25, -0.2) is 14.6 Å². The molecule has 0 radical (unpaired) electrons. The number of carbonyl (C=O) groups is 4. The van der Waals surface area contributed by atoms with Crippen LogP contribution in [0.3, 0.4) is 0 Å². The van der Waals surface area contributed by atoms with E-state index in [4.69, 9.17) is 5.26 Å². The number of hydrogen-bond acceptors (Lipinski definition) is 7. The summed E-state index contributed by atoms with van der Waals surface area (Å²) in [5, 5.41) is 23.1. The number of imide groups is 1. The van der Waals surface area contributed by atoms with Crippen molar-refractivity contribution in [1.82, 2.24) is 24.7 Å². The third-order valence-electron chi connectivity index (χ3n) is 7.80. The van der Waals surface area contributed by atoms with Gasteiger partial charge in [0.05, 0.1) is 36.6 Å². The molecule has 4 aromatic rings. The zero-order valence-electron chi connectivity index (χ0n) is 24.6. The summed E-state index contributed by atoms with van der Waals surface area (Å²) >= 11 is 1.47. The third kappa shape index (κ3) is 7.16. The highest BCUT2D eigenvalue weighted by atomic mass is 32.2. The Balaban J connectivity index is 1.40. The van der Waals surface area contributed by atoms with Crippen LogP contribution in [0, 0.1) is 11.3 Å². The van der Waals surface area contributed by atoms with Gasteiger partial charge in [-0.1, -0.05) is 54.6 Å². The van der Waals surface area contributed by atoms with Crippen molar-refractivity contribution in [3.8, 4) is 6.07 Å². The van der Waals surface area contributed by atoms with Crippen LogP contribution in [-0.4, -0.2) is 72.4 Å². The molecule has 0 bridgehead atoms. The molecule has 1 unspecified atom stereocenters. The number of carboxylic acid groups (broad SMARTS) is 1. The molecule has 0 aliphatic carbocycles. The van der Waals surface area contributed by atoms with E-state index in [-0.39, 0.29) is 25.9 Å². The number of nitrogens with zero attached hydrogens (tertiary/aromatic N) is 5. The van der Waals surface area contributed by atoms with Gasteiger partial charge in [0.1, 0.15) is 12.1 Å². The number of nitrogens with one attached hydrogen (secondary N) is 1. The molecule has 4 amide bonds. The fourth-order valence-electron chi connectivity index (χ4n) is 5.42. The Labute approximate surface area is 264 Å². The van der Waals surface area contributed by atoms with E-state index < -0.39 is 35.9 Å². The van der Waals surface area contributed by atoms with Crippen molar-refractivity contribution < 1.29 is 24.3 Å². The summed E-state index contributed by atoms with van der Waals surface area (Å²) in [4.78, 5) is 59.5. The number of imidazole rings is 1. The number of benzene rings is 3. The molecule has 1 aliphatic rings. The average molecular weight is 625 g/mol. The Kier molecular flexibility index (Phi) is 9.79. The first kappa shape index (κ1) is 31.3. The van der Waals surface area contributed by atoms with Crippen molar-refractivity contribution in [2.75, 3.05) is 12.0 Å². The number of aliphatic carboxylic acids is 1. The Hall–Kier alpha value is -5.15. The summed E-state index contributed by atoms with van der Waals surface area (Å²) in [6.07, 6.45) is 4.90. The van der Waals surface area contributed by atoms with Crippen molar-refractivity contribution in [1.29, 1.82) is 5.26 Å². The number of aromatic nitrogens is 2. The van der Waals surface area contributed by atoms with Crippen LogP contribution >= 0.6 is 11.8 Å². The largest absolute Gasteiger partial charge is 0.480 e. The minimum absolute atomic E-state index is 0.0659. The summed E-state index contributed by atoms with van der Waals surface area (Å²) in [5.74, 6) is -1.78. The SMILES string of the molecule is CSCC[C@H](NC(=O)CC1C(=O)N(Cc2cncn2Cc2ccc(C#N)cc2)C(=O)N1Cc1cccc2ccccc12)C(=O)O. The van der Waals surface area contributed by atoms with Gasteiger partial charge < -0.3 is 19.9 Å². The van der Waals surface area contributed by atoms with Gasteiger partial charge in [-0.15, -0.1) is 0 Å². The zero-order chi connectivity index (χ0) is 31.9. The molecular weight excluding hydrogens is 592 g/mol. The molecule has 5 rings (SSSR count). The molecule has 2 heterocycles. The van der Waals surface area contributed by atoms with Crippen LogP contribution in [0.15, 0.2) is 79.3 Å². The fourth-order valence-corrected chi connectivity index (χ4v) is 5.89. The zero-order valence-corrected chi connectivity index (χ0v) is 25.4. The summed E-state index contributed by atoms with van der Waals surface area (Å²) in [5.41, 5.74) is 2.88. The van der Waals surface area contributed by atoms with Gasteiger partial charge in [0, 0.05) is 19.3 Å². The quantitative estimate of drug-likeness (QED) is 0.212. The molecule has 230 valence electrons. The first-order valence-corrected chi connectivity index (χ1v) is 15.8. The number of hydrogen-bond donors (Lipinski definition) is 2. The van der Waals surface area contributed by atoms with Crippen LogP contribution in [0.25, 0.3) is 10.8 Å². The lowest BCUT2D eigenvalue weighted by Crippen LogP contribution is -2.45. The lowest BCUT2D eigenvalue weighted by atomic mass is 10.0. The van der Waals surface area contributed by atoms with Gasteiger partial charge in [0.15, 0.2) is 0 Å². The van der Waals surface area contributed by atoms with E-state index in [0.717, 1.165) is 26.8 Å². The molecule has 11 nitrogen and oxygen atoms in total. The number of rotatable bonds is 13. The molecular formula is C33H32N6O5S. The topological polar surface area (TPSA) is 149 Å². The minimum Gasteiger partial charge on any atom is -0.480 e. The molecule has 2 atom stereocenters. The molecule has 1 aromatic heterocycles. The van der Waals surface area contributed by atoms with Crippen LogP contribution in [0.2, 0.25) is 0 Å². The molecule has 0 spiro atoms. The minimum atomic E-state index is -1.16. The van der Waals surface area contributed by atoms with Crippen LogP contribution in [-0.2, 0) is 34.0 Å². The maximum absolute atomic E-state index is 13.9. The first-order chi connectivity index (χ1) is 21.8. The van der Waals surface area contributed by atoms with Crippen LogP contribution in [0.5, 0.6) is 0 Å². The molecule has 1 aliphatic heterocycles. The standard InChI is InChI=1S/C33H32N6O5S/c1-45-14-13-28(32(42)43)36-30(40)15-29-31(41)39(20-26-17-35-21-37(26)18-23-11-9-22(16-34)10-12-23)33(44)38(29)19-25-7-4-6-24-5-2-3-8-27(24)25/h2-12,17,21,28-29H,13-15,18-20H2,1H3,(H,36,40)(H,42,43)/t28-,29?/m0/s1. The second kappa shape index (κ2) is 14.1. The second-order valence-electron chi connectivity index (χ2n) is 10.8. The molecule has 1 saturated heterocycles. The van der Waals surface area contributed by atoms with E-state index in [2.05, 4.69) is 16.4 Å². The predicted octanol–water partition coefficient (Wildman–Crippen LogP) is 4.00. The number of amides is 4. The van der Waals surface area contributed by atoms with E-state index in [0.29, 0.717) is 23.6 Å². The van der Waals surface area contributed by atoms with Crippen LogP contribution in [0.1, 0.15) is 35.2 Å². The van der Waals surface area contributed by atoms with Crippen molar-refractivity contribution in [3.05, 3.63) is 102 Å². The Morgan fingerprint density at radius 3 is 2.53 bits per heavy atom. The molecule has 2 N–H and O–H groups in total. The number of thioether (sulfide) groups is 1. The molecule has 1 fully saturated rings. The van der Waals surface area contributed by atoms with Gasteiger partial charge in [0.2, 0.25) is 5.91 Å². The Morgan fingerprint density at radius 2 is 1.80 bits per heavy atom. The average Bonchev–Trinajstić information content (AvgIpc) is 3.57.